The molecule has 2 rings (SSSR count). The highest BCUT2D eigenvalue weighted by molar-refractivity contribution is 7.92. The molecule has 1 unspecified atom stereocenters. The zero-order valence-electron chi connectivity index (χ0n) is 19.2. The molecule has 180 valence electrons. The third-order valence-corrected chi connectivity index (χ3v) is 6.16. The number of sulfonamides is 1. The number of halogens is 1. The minimum Gasteiger partial charge on any atom is -0.497 e. The van der Waals surface area contributed by atoms with E-state index in [9.17, 15) is 22.4 Å². The maximum absolute atomic E-state index is 13.3. The highest BCUT2D eigenvalue weighted by Gasteiger charge is 2.30. The molecule has 0 saturated heterocycles. The van der Waals surface area contributed by atoms with Crippen molar-refractivity contribution in [1.82, 2.24) is 10.2 Å². The van der Waals surface area contributed by atoms with Gasteiger partial charge in [0.1, 0.15) is 24.2 Å². The van der Waals surface area contributed by atoms with Crippen LogP contribution < -0.4 is 14.4 Å². The Kier molecular flexibility index (Phi) is 9.22. The lowest BCUT2D eigenvalue weighted by Gasteiger charge is -2.31. The molecule has 33 heavy (non-hydrogen) atoms. The molecule has 8 nitrogen and oxygen atoms in total. The Morgan fingerprint density at radius 2 is 1.70 bits per heavy atom. The largest absolute Gasteiger partial charge is 0.497 e. The summed E-state index contributed by atoms with van der Waals surface area (Å²) in [7, 11) is -2.32. The van der Waals surface area contributed by atoms with Crippen molar-refractivity contribution in [3.05, 3.63) is 59.9 Å². The number of rotatable bonds is 11. The van der Waals surface area contributed by atoms with E-state index in [0.29, 0.717) is 17.9 Å². The Bertz CT molecular complexity index is 1040. The number of anilines is 1. The van der Waals surface area contributed by atoms with Crippen molar-refractivity contribution in [2.45, 2.75) is 32.9 Å². The summed E-state index contributed by atoms with van der Waals surface area (Å²) in [5.74, 6) is -0.812. The number of hydrogen-bond acceptors (Lipinski definition) is 5. The topological polar surface area (TPSA) is 96.0 Å². The fraction of sp³-hybridized carbons (Fsp3) is 0.391. The Labute approximate surface area is 194 Å². The lowest BCUT2D eigenvalue weighted by atomic mass is 10.1. The first-order valence-electron chi connectivity index (χ1n) is 10.5. The molecule has 0 fully saturated rings. The molecular formula is C23H30FN3O5S. The first kappa shape index (κ1) is 26.1. The summed E-state index contributed by atoms with van der Waals surface area (Å²) in [6.45, 7) is 3.44. The maximum atomic E-state index is 13.3. The number of hydrogen-bond donors (Lipinski definition) is 1. The SMILES string of the molecule is CCCNC(=O)C(C)N(Cc1ccc(F)cc1)C(=O)CN(c1ccc(OC)cc1)S(C)(=O)=O. The average molecular weight is 480 g/mol. The number of carbonyl (C=O) groups excluding carboxylic acids is 2. The minimum absolute atomic E-state index is 0.0139. The summed E-state index contributed by atoms with van der Waals surface area (Å²) in [4.78, 5) is 27.2. The molecule has 10 heteroatoms. The fourth-order valence-electron chi connectivity index (χ4n) is 3.13. The Morgan fingerprint density at radius 1 is 1.09 bits per heavy atom. The third kappa shape index (κ3) is 7.45. The van der Waals surface area contributed by atoms with Gasteiger partial charge in [0.05, 0.1) is 19.1 Å². The van der Waals surface area contributed by atoms with E-state index in [2.05, 4.69) is 5.32 Å². The first-order chi connectivity index (χ1) is 15.6. The van der Waals surface area contributed by atoms with Crippen LogP contribution in [-0.4, -0.2) is 57.6 Å². The van der Waals surface area contributed by atoms with E-state index < -0.39 is 34.3 Å². The number of nitrogens with zero attached hydrogens (tertiary/aromatic N) is 2. The molecule has 1 N–H and O–H groups in total. The Balaban J connectivity index is 2.34. The summed E-state index contributed by atoms with van der Waals surface area (Å²) in [5.41, 5.74) is 0.895. The number of carbonyl (C=O) groups is 2. The number of benzene rings is 2. The van der Waals surface area contributed by atoms with Crippen LogP contribution in [0.3, 0.4) is 0 Å². The zero-order valence-corrected chi connectivity index (χ0v) is 20.1. The van der Waals surface area contributed by atoms with Crippen LogP contribution in [0.4, 0.5) is 10.1 Å². The van der Waals surface area contributed by atoms with Gasteiger partial charge in [-0.25, -0.2) is 12.8 Å². The number of amides is 2. The van der Waals surface area contributed by atoms with Crippen LogP contribution in [-0.2, 0) is 26.2 Å². The normalized spacial score (nSPS) is 12.0. The van der Waals surface area contributed by atoms with Crippen molar-refractivity contribution in [1.29, 1.82) is 0 Å². The summed E-state index contributed by atoms with van der Waals surface area (Å²) >= 11 is 0. The molecule has 0 bridgehead atoms. The van der Waals surface area contributed by atoms with Gasteiger partial charge in [0.15, 0.2) is 0 Å². The summed E-state index contributed by atoms with van der Waals surface area (Å²) < 4.78 is 44.4. The molecule has 0 aliphatic carbocycles. The molecule has 0 spiro atoms. The van der Waals surface area contributed by atoms with E-state index in [1.54, 1.807) is 19.1 Å². The van der Waals surface area contributed by atoms with Gasteiger partial charge >= 0.3 is 0 Å². The molecule has 1 atom stereocenters. The molecule has 0 aliphatic heterocycles. The van der Waals surface area contributed by atoms with E-state index in [1.807, 2.05) is 6.92 Å². The standard InChI is InChI=1S/C23H30FN3O5S/c1-5-14-25-23(29)17(2)26(15-18-6-8-19(24)9-7-18)22(28)16-27(33(4,30)31)20-10-12-21(32-3)13-11-20/h6-13,17H,5,14-16H2,1-4H3,(H,25,29). The van der Waals surface area contributed by atoms with Crippen molar-refractivity contribution in [3.63, 3.8) is 0 Å². The Morgan fingerprint density at radius 3 is 2.21 bits per heavy atom. The van der Waals surface area contributed by atoms with Crippen LogP contribution in [0.15, 0.2) is 48.5 Å². The monoisotopic (exact) mass is 479 g/mol. The van der Waals surface area contributed by atoms with Gasteiger partial charge in [-0.3, -0.25) is 13.9 Å². The first-order valence-corrected chi connectivity index (χ1v) is 12.3. The second-order valence-electron chi connectivity index (χ2n) is 7.58. The zero-order chi connectivity index (χ0) is 24.6. The second kappa shape index (κ2) is 11.6. The molecule has 0 saturated carbocycles. The smallest absolute Gasteiger partial charge is 0.244 e. The average Bonchev–Trinajstić information content (AvgIpc) is 2.79. The predicted molar refractivity (Wildman–Crippen MR) is 125 cm³/mol. The van der Waals surface area contributed by atoms with E-state index in [0.717, 1.165) is 17.0 Å². The van der Waals surface area contributed by atoms with Gasteiger partial charge < -0.3 is 15.0 Å². The van der Waals surface area contributed by atoms with E-state index in [-0.39, 0.29) is 18.1 Å². The van der Waals surface area contributed by atoms with Gasteiger partial charge in [0.2, 0.25) is 21.8 Å². The Hall–Kier alpha value is -3.14. The van der Waals surface area contributed by atoms with Gasteiger partial charge in [-0.1, -0.05) is 19.1 Å². The lowest BCUT2D eigenvalue weighted by molar-refractivity contribution is -0.139. The van der Waals surface area contributed by atoms with Crippen LogP contribution in [0.5, 0.6) is 5.75 Å². The predicted octanol–water partition coefficient (Wildman–Crippen LogP) is 2.54. The van der Waals surface area contributed by atoms with Crippen LogP contribution in [0, 0.1) is 5.82 Å². The van der Waals surface area contributed by atoms with Crippen molar-refractivity contribution in [3.8, 4) is 5.75 Å². The quantitative estimate of drug-likeness (QED) is 0.534. The van der Waals surface area contributed by atoms with Crippen LogP contribution in [0.1, 0.15) is 25.8 Å². The van der Waals surface area contributed by atoms with Gasteiger partial charge in [-0.15, -0.1) is 0 Å². The minimum atomic E-state index is -3.81. The van der Waals surface area contributed by atoms with Crippen molar-refractivity contribution < 1.29 is 27.1 Å². The number of ether oxygens (including phenoxy) is 1. The fourth-order valence-corrected chi connectivity index (χ4v) is 3.98. The van der Waals surface area contributed by atoms with Crippen LogP contribution >= 0.6 is 0 Å². The van der Waals surface area contributed by atoms with E-state index in [4.69, 9.17) is 4.74 Å². The van der Waals surface area contributed by atoms with Crippen molar-refractivity contribution in [2.24, 2.45) is 0 Å². The molecule has 2 amide bonds. The summed E-state index contributed by atoms with van der Waals surface area (Å²) in [6.07, 6.45) is 1.73. The lowest BCUT2D eigenvalue weighted by Crippen LogP contribution is -2.51. The highest BCUT2D eigenvalue weighted by atomic mass is 32.2. The molecule has 2 aromatic rings. The molecule has 0 aliphatic rings. The number of methoxy groups -OCH3 is 1. The van der Waals surface area contributed by atoms with Gasteiger partial charge in [-0.2, -0.15) is 0 Å². The highest BCUT2D eigenvalue weighted by Crippen LogP contribution is 2.22. The van der Waals surface area contributed by atoms with Crippen molar-refractivity contribution >= 4 is 27.5 Å². The molecule has 0 heterocycles. The molecule has 0 radical (unpaired) electrons. The maximum Gasteiger partial charge on any atom is 0.244 e. The second-order valence-corrected chi connectivity index (χ2v) is 9.49. The molecular weight excluding hydrogens is 449 g/mol. The van der Waals surface area contributed by atoms with Crippen LogP contribution in [0.25, 0.3) is 0 Å². The summed E-state index contributed by atoms with van der Waals surface area (Å²) in [5, 5.41) is 2.75. The van der Waals surface area contributed by atoms with E-state index in [1.165, 1.54) is 48.4 Å². The number of nitrogens with one attached hydrogen (secondary N) is 1. The van der Waals surface area contributed by atoms with Crippen molar-refractivity contribution in [2.75, 3.05) is 30.8 Å². The van der Waals surface area contributed by atoms with Gasteiger partial charge in [-0.05, 0) is 55.3 Å². The molecule has 2 aromatic carbocycles. The van der Waals surface area contributed by atoms with Gasteiger partial charge in [0.25, 0.3) is 0 Å². The summed E-state index contributed by atoms with van der Waals surface area (Å²) in [6, 6.07) is 11.0. The third-order valence-electron chi connectivity index (χ3n) is 5.02. The van der Waals surface area contributed by atoms with Gasteiger partial charge in [0, 0.05) is 13.1 Å². The van der Waals surface area contributed by atoms with E-state index >= 15 is 0 Å². The molecule has 0 aromatic heterocycles. The van der Waals surface area contributed by atoms with Crippen LogP contribution in [0.2, 0.25) is 0 Å².